The van der Waals surface area contributed by atoms with Crippen LogP contribution in [0.5, 0.6) is 0 Å². The van der Waals surface area contributed by atoms with Gasteiger partial charge in [-0.1, -0.05) is 0 Å². The van der Waals surface area contributed by atoms with Crippen molar-refractivity contribution in [2.24, 2.45) is 0 Å². The predicted molar refractivity (Wildman–Crippen MR) is 84.4 cm³/mol. The summed E-state index contributed by atoms with van der Waals surface area (Å²) < 4.78 is 0. The van der Waals surface area contributed by atoms with Crippen LogP contribution in [0.3, 0.4) is 0 Å². The molecule has 0 aromatic carbocycles. The van der Waals surface area contributed by atoms with E-state index in [9.17, 15) is 4.79 Å². The van der Waals surface area contributed by atoms with Gasteiger partial charge in [-0.25, -0.2) is 4.98 Å². The molecule has 1 amide bonds. The van der Waals surface area contributed by atoms with Gasteiger partial charge < -0.3 is 10.2 Å². The van der Waals surface area contributed by atoms with E-state index in [1.165, 1.54) is 0 Å². The average molecular weight is 324 g/mol. The highest BCUT2D eigenvalue weighted by atomic mass is 35.5. The van der Waals surface area contributed by atoms with Crippen LogP contribution < -0.4 is 5.32 Å². The lowest BCUT2D eigenvalue weighted by atomic mass is 10.2. The second-order valence-corrected chi connectivity index (χ2v) is 5.47. The van der Waals surface area contributed by atoms with Crippen molar-refractivity contribution in [3.05, 3.63) is 22.2 Å². The number of hydrogen-bond donors (Lipinski definition) is 1. The predicted octanol–water partition coefficient (Wildman–Crippen LogP) is 2.13. The van der Waals surface area contributed by atoms with Crippen LogP contribution in [0.4, 0.5) is 0 Å². The van der Waals surface area contributed by atoms with Crippen LogP contribution in [0.2, 0.25) is 0 Å². The number of halogens is 2. The zero-order valence-electron chi connectivity index (χ0n) is 11.0. The third-order valence-electron chi connectivity index (χ3n) is 2.81. The molecular weight excluding hydrogens is 305 g/mol. The normalized spacial score (nSPS) is 18.8. The van der Waals surface area contributed by atoms with Crippen molar-refractivity contribution >= 4 is 48.1 Å². The van der Waals surface area contributed by atoms with Gasteiger partial charge in [-0.05, 0) is 19.9 Å². The van der Waals surface area contributed by atoms with Crippen LogP contribution in [0.1, 0.15) is 16.8 Å². The lowest BCUT2D eigenvalue weighted by molar-refractivity contribution is -0.128. The van der Waals surface area contributed by atoms with Crippen LogP contribution in [-0.2, 0) is 4.79 Å². The van der Waals surface area contributed by atoms with E-state index < -0.39 is 0 Å². The van der Waals surface area contributed by atoms with Crippen LogP contribution in [0.25, 0.3) is 6.08 Å². The quantitative estimate of drug-likeness (QED) is 0.848. The number of nitrogens with one attached hydrogen (secondary N) is 1. The molecule has 19 heavy (non-hydrogen) atoms. The van der Waals surface area contributed by atoms with Crippen LogP contribution in [0, 0.1) is 6.92 Å². The van der Waals surface area contributed by atoms with E-state index in [1.807, 2.05) is 17.9 Å². The van der Waals surface area contributed by atoms with Crippen molar-refractivity contribution in [2.75, 3.05) is 19.6 Å². The summed E-state index contributed by atoms with van der Waals surface area (Å²) in [5.74, 6) is 0.0880. The molecule has 0 spiro atoms. The second kappa shape index (κ2) is 8.53. The Hall–Kier alpha value is -0.620. The lowest BCUT2D eigenvalue weighted by Gasteiger charge is -2.33. The van der Waals surface area contributed by atoms with Gasteiger partial charge in [-0.2, -0.15) is 0 Å². The first-order chi connectivity index (χ1) is 8.16. The summed E-state index contributed by atoms with van der Waals surface area (Å²) in [5.41, 5.74) is 0. The lowest BCUT2D eigenvalue weighted by Crippen LogP contribution is -2.51. The first-order valence-electron chi connectivity index (χ1n) is 5.78. The van der Waals surface area contributed by atoms with Crippen LogP contribution in [-0.4, -0.2) is 41.5 Å². The molecule has 108 valence electrons. The molecule has 1 aliphatic heterocycles. The molecule has 1 fully saturated rings. The molecule has 1 aliphatic rings. The summed E-state index contributed by atoms with van der Waals surface area (Å²) >= 11 is 1.60. The molecule has 1 aromatic heterocycles. The minimum Gasteiger partial charge on any atom is -0.334 e. The standard InChI is InChI=1S/C12H17N3OS.2ClH/c1-9-7-13-5-6-15(9)12(16)4-3-11-8-14-10(2)17-11;;/h3-4,8-9,13H,5-7H2,1-2H3;2*1H/b4-3+;;. The summed E-state index contributed by atoms with van der Waals surface area (Å²) in [6.07, 6.45) is 5.29. The smallest absolute Gasteiger partial charge is 0.246 e. The monoisotopic (exact) mass is 323 g/mol. The minimum atomic E-state index is 0. The van der Waals surface area contributed by atoms with Gasteiger partial charge in [0.2, 0.25) is 5.91 Å². The molecule has 2 rings (SSSR count). The molecule has 0 radical (unpaired) electrons. The van der Waals surface area contributed by atoms with Gasteiger partial charge in [0.1, 0.15) is 0 Å². The highest BCUT2D eigenvalue weighted by Crippen LogP contribution is 2.13. The zero-order chi connectivity index (χ0) is 12.3. The van der Waals surface area contributed by atoms with Gasteiger partial charge in [-0.3, -0.25) is 4.79 Å². The number of nitrogens with zero attached hydrogens (tertiary/aromatic N) is 2. The maximum Gasteiger partial charge on any atom is 0.246 e. The van der Waals surface area contributed by atoms with Gasteiger partial charge in [0, 0.05) is 42.8 Å². The molecule has 4 nitrogen and oxygen atoms in total. The van der Waals surface area contributed by atoms with E-state index in [-0.39, 0.29) is 36.8 Å². The number of amides is 1. The van der Waals surface area contributed by atoms with Crippen molar-refractivity contribution in [1.82, 2.24) is 15.2 Å². The maximum atomic E-state index is 12.0. The summed E-state index contributed by atoms with van der Waals surface area (Å²) in [7, 11) is 0. The molecule has 1 atom stereocenters. The Morgan fingerprint density at radius 2 is 2.32 bits per heavy atom. The van der Waals surface area contributed by atoms with Gasteiger partial charge >= 0.3 is 0 Å². The number of carbonyl (C=O) groups is 1. The Morgan fingerprint density at radius 1 is 1.58 bits per heavy atom. The van der Waals surface area contributed by atoms with Crippen molar-refractivity contribution in [1.29, 1.82) is 0 Å². The number of hydrogen-bond acceptors (Lipinski definition) is 4. The Morgan fingerprint density at radius 3 is 2.89 bits per heavy atom. The third-order valence-corrected chi connectivity index (χ3v) is 3.69. The number of rotatable bonds is 2. The van der Waals surface area contributed by atoms with Gasteiger partial charge in [0.25, 0.3) is 0 Å². The maximum absolute atomic E-state index is 12.0. The Balaban J connectivity index is 0.00000162. The number of aryl methyl sites for hydroxylation is 1. The largest absolute Gasteiger partial charge is 0.334 e. The SMILES string of the molecule is Cc1ncc(/C=C/C(=O)N2CCNCC2C)s1.Cl.Cl. The fourth-order valence-corrected chi connectivity index (χ4v) is 2.56. The van der Waals surface area contributed by atoms with E-state index in [0.29, 0.717) is 0 Å². The molecule has 0 bridgehead atoms. The Labute approximate surface area is 130 Å². The van der Waals surface area contributed by atoms with Crippen LogP contribution in [0.15, 0.2) is 12.3 Å². The molecule has 1 aromatic rings. The summed E-state index contributed by atoms with van der Waals surface area (Å²) in [6.45, 7) is 6.56. The fourth-order valence-electron chi connectivity index (χ4n) is 1.87. The van der Waals surface area contributed by atoms with Crippen molar-refractivity contribution < 1.29 is 4.79 Å². The molecule has 7 heteroatoms. The second-order valence-electron chi connectivity index (χ2n) is 4.20. The zero-order valence-corrected chi connectivity index (χ0v) is 13.4. The van der Waals surface area contributed by atoms with E-state index in [1.54, 1.807) is 23.6 Å². The van der Waals surface area contributed by atoms with E-state index in [2.05, 4.69) is 17.2 Å². The molecular formula is C12H19Cl2N3OS. The minimum absolute atomic E-state index is 0. The fraction of sp³-hybridized carbons (Fsp3) is 0.500. The number of piperazine rings is 1. The molecule has 1 unspecified atom stereocenters. The van der Waals surface area contributed by atoms with Gasteiger partial charge in [-0.15, -0.1) is 36.2 Å². The van der Waals surface area contributed by atoms with Crippen molar-refractivity contribution in [3.63, 3.8) is 0 Å². The number of aromatic nitrogens is 1. The highest BCUT2D eigenvalue weighted by Gasteiger charge is 2.20. The van der Waals surface area contributed by atoms with Crippen LogP contribution >= 0.6 is 36.2 Å². The van der Waals surface area contributed by atoms with Crippen molar-refractivity contribution in [2.45, 2.75) is 19.9 Å². The molecule has 0 saturated carbocycles. The number of thiazole rings is 1. The molecule has 1 N–H and O–H groups in total. The van der Waals surface area contributed by atoms with Gasteiger partial charge in [0.15, 0.2) is 0 Å². The topological polar surface area (TPSA) is 45.2 Å². The average Bonchev–Trinajstić information content (AvgIpc) is 2.73. The Kier molecular flexibility index (Phi) is 8.25. The summed E-state index contributed by atoms with van der Waals surface area (Å²) in [5, 5.41) is 4.29. The number of carbonyl (C=O) groups excluding carboxylic acids is 1. The van der Waals surface area contributed by atoms with E-state index >= 15 is 0 Å². The highest BCUT2D eigenvalue weighted by molar-refractivity contribution is 7.12. The van der Waals surface area contributed by atoms with Gasteiger partial charge in [0.05, 0.1) is 5.01 Å². The van der Waals surface area contributed by atoms with E-state index in [4.69, 9.17) is 0 Å². The Bertz CT molecular complexity index is 436. The first kappa shape index (κ1) is 18.4. The van der Waals surface area contributed by atoms with E-state index in [0.717, 1.165) is 29.5 Å². The summed E-state index contributed by atoms with van der Waals surface area (Å²) in [4.78, 5) is 19.1. The van der Waals surface area contributed by atoms with Crippen molar-refractivity contribution in [3.8, 4) is 0 Å². The first-order valence-corrected chi connectivity index (χ1v) is 6.60. The summed E-state index contributed by atoms with van der Waals surface area (Å²) in [6, 6.07) is 0.268. The third kappa shape index (κ3) is 5.10. The molecule has 0 aliphatic carbocycles. The molecule has 1 saturated heterocycles. The molecule has 2 heterocycles.